The minimum Gasteiger partial charge on any atom is -1.00 e. The Bertz CT molecular complexity index is 1500. The zero-order valence-corrected chi connectivity index (χ0v) is 27.0. The number of carbonyl (C=O) groups excluding carboxylic acids is 4. The molecule has 0 radical (unpaired) electrons. The molecule has 2 heterocycles. The molecule has 0 bridgehead atoms. The molecule has 0 aromatic heterocycles. The van der Waals surface area contributed by atoms with Crippen LogP contribution in [0, 0.1) is 0 Å². The van der Waals surface area contributed by atoms with E-state index in [9.17, 15) is 45.5 Å². The van der Waals surface area contributed by atoms with Crippen molar-refractivity contribution >= 4 is 69.2 Å². The average Bonchev–Trinajstić information content (AvgIpc) is 2.97. The van der Waals surface area contributed by atoms with E-state index in [1.54, 1.807) is 30.3 Å². The van der Waals surface area contributed by atoms with Crippen molar-refractivity contribution in [2.75, 3.05) is 35.8 Å². The molecule has 0 saturated carbocycles. The van der Waals surface area contributed by atoms with Crippen molar-refractivity contribution in [3.63, 3.8) is 0 Å². The fourth-order valence-corrected chi connectivity index (χ4v) is 5.37. The van der Waals surface area contributed by atoms with Gasteiger partial charge in [0.05, 0.1) is 18.9 Å². The summed E-state index contributed by atoms with van der Waals surface area (Å²) < 4.78 is 84.0. The van der Waals surface area contributed by atoms with Crippen LogP contribution in [-0.4, -0.2) is 59.8 Å². The maximum Gasteiger partial charge on any atom is 0.450 e. The second-order valence-electron chi connectivity index (χ2n) is 8.68. The summed E-state index contributed by atoms with van der Waals surface area (Å²) in [6.45, 7) is 2.64. The van der Waals surface area contributed by atoms with Gasteiger partial charge in [-0.25, -0.2) is 0 Å². The van der Waals surface area contributed by atoms with Crippen molar-refractivity contribution in [3.8, 4) is 0 Å². The molecule has 46 heavy (non-hydrogen) atoms. The quantitative estimate of drug-likeness (QED) is 0.202. The van der Waals surface area contributed by atoms with Crippen LogP contribution in [0.2, 0.25) is 0 Å². The van der Waals surface area contributed by atoms with E-state index in [2.05, 4.69) is 14.8 Å². The molecule has 0 aliphatic carbocycles. The van der Waals surface area contributed by atoms with E-state index in [-0.39, 0.29) is 54.2 Å². The van der Waals surface area contributed by atoms with Gasteiger partial charge in [0.15, 0.2) is 11.6 Å². The van der Waals surface area contributed by atoms with Gasteiger partial charge in [0, 0.05) is 28.3 Å². The highest BCUT2D eigenvalue weighted by Gasteiger charge is 2.43. The van der Waals surface area contributed by atoms with E-state index in [0.717, 1.165) is 23.5 Å². The molecular formula is C28H25Cl2F6N2O6S2-. The zero-order chi connectivity index (χ0) is 33.9. The first-order valence-electron chi connectivity index (χ1n) is 12.6. The van der Waals surface area contributed by atoms with Gasteiger partial charge in [-0.15, -0.1) is 23.5 Å². The Kier molecular flexibility index (Phi) is 16.0. The standard InChI is InChI=1S/C14H12F3NO3S.C8H9NO.C6H4ClF3O2S.ClH/c1-8(19)9-4-2-3-5-10(9)18-13(20)11-12(14(15,16)17)21-6-7-22-11;1-6(10)7-4-2-3-5-8(7)9;7-5(11)3-4(6(8,9)10)12-1-2-13-3;/h2-5H,6-7H2,1H3,(H,18,20);2-5H,9H2,1H3;1-2H2;1H/p-1. The largest absolute Gasteiger partial charge is 1.00 e. The molecule has 1 amide bonds. The Morgan fingerprint density at radius 1 is 0.761 bits per heavy atom. The van der Waals surface area contributed by atoms with Crippen molar-refractivity contribution < 1.29 is 67.4 Å². The number of Topliss-reactive ketones (excluding diaryl/α,β-unsaturated/α-hetero) is 2. The van der Waals surface area contributed by atoms with Gasteiger partial charge in [-0.2, -0.15) is 26.3 Å². The highest BCUT2D eigenvalue weighted by Crippen LogP contribution is 2.38. The lowest BCUT2D eigenvalue weighted by atomic mass is 10.1. The van der Waals surface area contributed by atoms with Crippen LogP contribution in [0.25, 0.3) is 0 Å². The lowest BCUT2D eigenvalue weighted by molar-refractivity contribution is -0.133. The lowest BCUT2D eigenvalue weighted by Gasteiger charge is -2.22. The number of thioether (sulfide) groups is 2. The number of amides is 1. The maximum absolute atomic E-state index is 12.9. The van der Waals surface area contributed by atoms with Gasteiger partial charge in [-0.3, -0.25) is 19.2 Å². The summed E-state index contributed by atoms with van der Waals surface area (Å²) in [5.74, 6) is -3.24. The monoisotopic (exact) mass is 733 g/mol. The third-order valence-electron chi connectivity index (χ3n) is 5.36. The van der Waals surface area contributed by atoms with Crippen LogP contribution in [0.3, 0.4) is 0 Å². The average molecular weight is 735 g/mol. The number of halogens is 8. The molecule has 8 nitrogen and oxygen atoms in total. The topological polar surface area (TPSA) is 125 Å². The number of benzene rings is 2. The summed E-state index contributed by atoms with van der Waals surface area (Å²) in [5.41, 5.74) is 7.05. The number of nitrogens with one attached hydrogen (secondary N) is 1. The number of hydrogen-bond acceptors (Lipinski definition) is 9. The molecule has 2 aliphatic heterocycles. The van der Waals surface area contributed by atoms with Crippen LogP contribution in [0.1, 0.15) is 34.6 Å². The number of carbonyl (C=O) groups is 4. The molecule has 18 heteroatoms. The summed E-state index contributed by atoms with van der Waals surface area (Å²) >= 11 is 6.50. The minimum absolute atomic E-state index is 0. The smallest absolute Gasteiger partial charge is 0.450 e. The number of alkyl halides is 6. The second-order valence-corrected chi connectivity index (χ2v) is 11.2. The van der Waals surface area contributed by atoms with Crippen molar-refractivity contribution in [1.29, 1.82) is 0 Å². The predicted molar refractivity (Wildman–Crippen MR) is 160 cm³/mol. The number of ether oxygens (including phenoxy) is 2. The van der Waals surface area contributed by atoms with Crippen LogP contribution in [0.4, 0.5) is 37.7 Å². The number of para-hydroxylation sites is 2. The molecular weight excluding hydrogens is 709 g/mol. The number of anilines is 2. The van der Waals surface area contributed by atoms with Gasteiger partial charge >= 0.3 is 12.4 Å². The fourth-order valence-electron chi connectivity index (χ4n) is 3.47. The summed E-state index contributed by atoms with van der Waals surface area (Å²) in [4.78, 5) is 43.9. The Morgan fingerprint density at radius 3 is 1.61 bits per heavy atom. The number of hydrogen-bond donors (Lipinski definition) is 2. The van der Waals surface area contributed by atoms with E-state index in [0.29, 0.717) is 17.0 Å². The minimum atomic E-state index is -4.74. The van der Waals surface area contributed by atoms with E-state index in [1.807, 2.05) is 6.07 Å². The van der Waals surface area contributed by atoms with E-state index in [4.69, 9.17) is 17.3 Å². The van der Waals surface area contributed by atoms with Crippen LogP contribution in [0.15, 0.2) is 69.9 Å². The van der Waals surface area contributed by atoms with E-state index in [1.165, 1.54) is 26.0 Å². The van der Waals surface area contributed by atoms with E-state index < -0.39 is 44.8 Å². The van der Waals surface area contributed by atoms with Crippen LogP contribution < -0.4 is 23.5 Å². The molecule has 2 aromatic rings. The third kappa shape index (κ3) is 12.1. The SMILES string of the molecule is CC(=O)c1ccccc1N.CC(=O)c1ccccc1NC(=O)C1=C(C(F)(F)F)OCCS1.O=C(Cl)C1=C(C(F)(F)F)OCCS1.[Cl-]. The summed E-state index contributed by atoms with van der Waals surface area (Å²) in [6, 6.07) is 13.2. The number of allylic oxidation sites excluding steroid dienone is 3. The second kappa shape index (κ2) is 18.1. The first-order valence-corrected chi connectivity index (χ1v) is 14.9. The first-order chi connectivity index (χ1) is 20.9. The van der Waals surface area contributed by atoms with Crippen molar-refractivity contribution in [2.45, 2.75) is 26.2 Å². The molecule has 0 unspecified atom stereocenters. The highest BCUT2D eigenvalue weighted by molar-refractivity contribution is 8.04. The Labute approximate surface area is 278 Å². The molecule has 252 valence electrons. The van der Waals surface area contributed by atoms with Crippen molar-refractivity contribution in [1.82, 2.24) is 0 Å². The van der Waals surface area contributed by atoms with Gasteiger partial charge in [-0.1, -0.05) is 24.3 Å². The fraction of sp³-hybridized carbons (Fsp3) is 0.286. The molecule has 0 spiro atoms. The summed E-state index contributed by atoms with van der Waals surface area (Å²) in [6.07, 6.45) is -9.38. The molecule has 2 aromatic carbocycles. The van der Waals surface area contributed by atoms with Crippen LogP contribution in [0.5, 0.6) is 0 Å². The van der Waals surface area contributed by atoms with Crippen LogP contribution >= 0.6 is 35.1 Å². The van der Waals surface area contributed by atoms with Crippen LogP contribution in [-0.2, 0) is 19.1 Å². The number of rotatable bonds is 5. The maximum atomic E-state index is 12.9. The number of nitrogen functional groups attached to an aromatic ring is 1. The highest BCUT2D eigenvalue weighted by atomic mass is 35.5. The van der Waals surface area contributed by atoms with Gasteiger partial charge in [0.2, 0.25) is 11.5 Å². The summed E-state index contributed by atoms with van der Waals surface area (Å²) in [5, 5.41) is 1.22. The van der Waals surface area contributed by atoms with Gasteiger partial charge in [0.25, 0.3) is 11.1 Å². The Morgan fingerprint density at radius 2 is 1.20 bits per heavy atom. The number of nitrogens with two attached hydrogens (primary N) is 1. The normalized spacial score (nSPS) is 14.5. The Balaban J connectivity index is 0.000000375. The molecule has 3 N–H and O–H groups in total. The zero-order valence-electron chi connectivity index (χ0n) is 23.8. The predicted octanol–water partition coefficient (Wildman–Crippen LogP) is 4.13. The molecule has 0 saturated heterocycles. The summed E-state index contributed by atoms with van der Waals surface area (Å²) in [7, 11) is 0. The van der Waals surface area contributed by atoms with Crippen molar-refractivity contribution in [2.24, 2.45) is 0 Å². The van der Waals surface area contributed by atoms with Crippen molar-refractivity contribution in [3.05, 3.63) is 81.0 Å². The van der Waals surface area contributed by atoms with Gasteiger partial charge < -0.3 is 32.9 Å². The van der Waals surface area contributed by atoms with E-state index >= 15 is 0 Å². The Hall–Kier alpha value is -3.34. The third-order valence-corrected chi connectivity index (χ3v) is 7.72. The number of ketones is 2. The molecule has 4 rings (SSSR count). The first kappa shape index (κ1) is 40.7. The molecule has 0 atom stereocenters. The van der Waals surface area contributed by atoms with Gasteiger partial charge in [0.1, 0.15) is 9.81 Å². The lowest BCUT2D eigenvalue weighted by Crippen LogP contribution is -3.00. The molecule has 2 aliphatic rings. The molecule has 0 fully saturated rings. The van der Waals surface area contributed by atoms with Gasteiger partial charge in [-0.05, 0) is 49.7 Å².